The molecule has 2 aromatic carbocycles. The molecule has 2 aromatic heterocycles. The third kappa shape index (κ3) is 4.28. The van der Waals surface area contributed by atoms with E-state index in [1.807, 2.05) is 0 Å². The number of amides is 2. The Kier molecular flexibility index (Phi) is 5.05. The maximum absolute atomic E-state index is 12.5. The molecule has 2 heterocycles. The van der Waals surface area contributed by atoms with Gasteiger partial charge in [0.2, 0.25) is 5.91 Å². The highest BCUT2D eigenvalue weighted by Gasteiger charge is 2.24. The van der Waals surface area contributed by atoms with Gasteiger partial charge in [0.05, 0.1) is 11.1 Å². The predicted molar refractivity (Wildman–Crippen MR) is 117 cm³/mol. The predicted octanol–water partition coefficient (Wildman–Crippen LogP) is 1.07. The van der Waals surface area contributed by atoms with Gasteiger partial charge >= 0.3 is 5.69 Å². The summed E-state index contributed by atoms with van der Waals surface area (Å²) in [5, 5.41) is 13.4. The molecule has 0 unspecified atom stereocenters. The molecule has 0 radical (unpaired) electrons. The summed E-state index contributed by atoms with van der Waals surface area (Å²) in [6, 6.07) is 14.3. The van der Waals surface area contributed by atoms with Crippen LogP contribution >= 0.6 is 0 Å². The molecule has 166 valence electrons. The fraction of sp³-hybridized carbons (Fsp3) is 0.182. The number of tetrazole rings is 1. The van der Waals surface area contributed by atoms with E-state index in [1.54, 1.807) is 48.5 Å². The molecule has 0 aliphatic heterocycles. The maximum atomic E-state index is 12.5. The van der Waals surface area contributed by atoms with Gasteiger partial charge in [-0.1, -0.05) is 12.1 Å². The smallest absolute Gasteiger partial charge is 0.368 e. The lowest BCUT2D eigenvalue weighted by Crippen LogP contribution is -2.34. The first-order valence-electron chi connectivity index (χ1n) is 10.2. The quantitative estimate of drug-likeness (QED) is 0.451. The Morgan fingerprint density at radius 3 is 2.55 bits per heavy atom. The summed E-state index contributed by atoms with van der Waals surface area (Å²) in [6.45, 7) is -0.208. The molecular formula is C22H18N6O5. The van der Waals surface area contributed by atoms with Crippen molar-refractivity contribution in [3.05, 3.63) is 81.1 Å². The van der Waals surface area contributed by atoms with Gasteiger partial charge in [-0.3, -0.25) is 14.4 Å². The summed E-state index contributed by atoms with van der Waals surface area (Å²) < 4.78 is 7.57. The van der Waals surface area contributed by atoms with Crippen molar-refractivity contribution in [2.45, 2.75) is 25.4 Å². The molecule has 11 nitrogen and oxygen atoms in total. The van der Waals surface area contributed by atoms with Crippen molar-refractivity contribution >= 4 is 28.5 Å². The zero-order chi connectivity index (χ0) is 22.9. The number of nitrogens with zero attached hydrogens (tertiary/aromatic N) is 4. The number of hydrogen-bond acceptors (Lipinski definition) is 7. The number of nitrogens with one attached hydrogen (secondary N) is 2. The summed E-state index contributed by atoms with van der Waals surface area (Å²) in [6.07, 6.45) is 1.90. The van der Waals surface area contributed by atoms with Crippen LogP contribution in [0.15, 0.2) is 68.6 Å². The van der Waals surface area contributed by atoms with E-state index in [0.717, 1.165) is 28.3 Å². The Labute approximate surface area is 185 Å². The van der Waals surface area contributed by atoms with Crippen molar-refractivity contribution in [3.8, 4) is 5.69 Å². The summed E-state index contributed by atoms with van der Waals surface area (Å²) in [5.74, 6) is -0.994. The number of aromatic nitrogens is 4. The van der Waals surface area contributed by atoms with E-state index in [1.165, 1.54) is 0 Å². The third-order valence-corrected chi connectivity index (χ3v) is 5.10. The van der Waals surface area contributed by atoms with E-state index in [0.29, 0.717) is 22.3 Å². The van der Waals surface area contributed by atoms with Gasteiger partial charge in [0.1, 0.15) is 12.1 Å². The number of fused-ring (bicyclic) bond motifs is 1. The number of benzene rings is 2. The summed E-state index contributed by atoms with van der Waals surface area (Å²) in [4.78, 5) is 49.2. The van der Waals surface area contributed by atoms with Crippen molar-refractivity contribution in [2.75, 3.05) is 5.32 Å². The first-order chi connectivity index (χ1) is 16.0. The van der Waals surface area contributed by atoms with E-state index < -0.39 is 11.6 Å². The van der Waals surface area contributed by atoms with Crippen LogP contribution < -0.4 is 21.8 Å². The minimum atomic E-state index is -0.588. The summed E-state index contributed by atoms with van der Waals surface area (Å²) in [7, 11) is 0. The molecule has 0 saturated heterocycles. The highest BCUT2D eigenvalue weighted by Crippen LogP contribution is 2.18. The molecule has 0 spiro atoms. The Hall–Kier alpha value is -4.54. The number of para-hydroxylation sites is 1. The van der Waals surface area contributed by atoms with Crippen molar-refractivity contribution in [3.63, 3.8) is 0 Å². The number of hydrogen-bond donors (Lipinski definition) is 2. The maximum Gasteiger partial charge on any atom is 0.368 e. The van der Waals surface area contributed by atoms with Crippen LogP contribution in [0.4, 0.5) is 5.69 Å². The molecule has 1 fully saturated rings. The second kappa shape index (κ2) is 8.19. The van der Waals surface area contributed by atoms with Gasteiger partial charge in [-0.15, -0.1) is 0 Å². The van der Waals surface area contributed by atoms with Gasteiger partial charge in [0.15, 0.2) is 11.2 Å². The highest BCUT2D eigenvalue weighted by molar-refractivity contribution is 6.03. The number of carbonyl (C=O) groups is 2. The first kappa shape index (κ1) is 20.4. The lowest BCUT2D eigenvalue weighted by atomic mass is 10.2. The third-order valence-electron chi connectivity index (χ3n) is 5.10. The zero-order valence-corrected chi connectivity index (χ0v) is 17.2. The van der Waals surface area contributed by atoms with Crippen molar-refractivity contribution in [1.82, 2.24) is 25.1 Å². The average Bonchev–Trinajstić information content (AvgIpc) is 3.56. The van der Waals surface area contributed by atoms with Gasteiger partial charge in [0.25, 0.3) is 5.91 Å². The van der Waals surface area contributed by atoms with E-state index in [2.05, 4.69) is 21.1 Å². The number of carbonyl (C=O) groups excluding carboxylic acids is 2. The van der Waals surface area contributed by atoms with Gasteiger partial charge in [-0.2, -0.15) is 9.36 Å². The second-order valence-corrected chi connectivity index (χ2v) is 7.64. The molecule has 11 heteroatoms. The highest BCUT2D eigenvalue weighted by atomic mass is 16.3. The Morgan fingerprint density at radius 2 is 1.79 bits per heavy atom. The standard InChI is InChI=1S/C22H18N6O5/c29-17-11-19(33-18-4-2-1-3-16(17)18)21(31)24-14-7-9-15(10-8-14)28-22(32)27(25-26-28)12-20(30)23-13-5-6-13/h1-4,7-11,13H,5-6,12H2,(H,23,30)(H,24,31). The molecule has 1 aliphatic rings. The molecule has 2 amide bonds. The second-order valence-electron chi connectivity index (χ2n) is 7.64. The monoisotopic (exact) mass is 446 g/mol. The van der Waals surface area contributed by atoms with E-state index in [9.17, 15) is 19.2 Å². The zero-order valence-electron chi connectivity index (χ0n) is 17.2. The minimum absolute atomic E-state index is 0.119. The molecule has 4 aromatic rings. The van der Waals surface area contributed by atoms with Gasteiger partial charge < -0.3 is 15.1 Å². The van der Waals surface area contributed by atoms with Gasteiger partial charge in [0, 0.05) is 17.8 Å². The normalized spacial score (nSPS) is 13.1. The summed E-state index contributed by atoms with van der Waals surface area (Å²) >= 11 is 0. The Balaban J connectivity index is 1.30. The topological polar surface area (TPSA) is 141 Å². The van der Waals surface area contributed by atoms with Crippen molar-refractivity contribution in [1.29, 1.82) is 0 Å². The molecule has 5 rings (SSSR count). The fourth-order valence-corrected chi connectivity index (χ4v) is 3.27. The van der Waals surface area contributed by atoms with Crippen LogP contribution in [0.3, 0.4) is 0 Å². The lowest BCUT2D eigenvalue weighted by molar-refractivity contribution is -0.122. The molecular weight excluding hydrogens is 428 g/mol. The van der Waals surface area contributed by atoms with Crippen LogP contribution in [-0.2, 0) is 11.3 Å². The molecule has 33 heavy (non-hydrogen) atoms. The molecule has 0 bridgehead atoms. The molecule has 0 atom stereocenters. The molecule has 1 saturated carbocycles. The molecule has 2 N–H and O–H groups in total. The largest absolute Gasteiger partial charge is 0.451 e. The number of rotatable bonds is 6. The lowest BCUT2D eigenvalue weighted by Gasteiger charge is -2.06. The first-order valence-corrected chi connectivity index (χ1v) is 10.2. The van der Waals surface area contributed by atoms with Gasteiger partial charge in [-0.25, -0.2) is 4.79 Å². The van der Waals surface area contributed by atoms with Crippen molar-refractivity contribution < 1.29 is 14.0 Å². The van der Waals surface area contributed by atoms with Crippen LogP contribution in [0.5, 0.6) is 0 Å². The van der Waals surface area contributed by atoms with E-state index >= 15 is 0 Å². The molecule has 1 aliphatic carbocycles. The minimum Gasteiger partial charge on any atom is -0.451 e. The van der Waals surface area contributed by atoms with Crippen LogP contribution in [0.1, 0.15) is 23.4 Å². The Morgan fingerprint density at radius 1 is 1.03 bits per heavy atom. The van der Waals surface area contributed by atoms with Crippen LogP contribution in [0.25, 0.3) is 16.7 Å². The van der Waals surface area contributed by atoms with E-state index in [-0.39, 0.29) is 29.7 Å². The fourth-order valence-electron chi connectivity index (χ4n) is 3.27. The Bertz CT molecular complexity index is 1480. The van der Waals surface area contributed by atoms with Gasteiger partial charge in [-0.05, 0) is 59.7 Å². The SMILES string of the molecule is O=C(Cn1nnn(-c2ccc(NC(=O)c3cc(=O)c4ccccc4o3)cc2)c1=O)NC1CC1. The van der Waals surface area contributed by atoms with Crippen molar-refractivity contribution in [2.24, 2.45) is 0 Å². The van der Waals surface area contributed by atoms with Crippen LogP contribution in [0.2, 0.25) is 0 Å². The average molecular weight is 446 g/mol. The number of anilines is 1. The van der Waals surface area contributed by atoms with Crippen LogP contribution in [0, 0.1) is 0 Å². The summed E-state index contributed by atoms with van der Waals surface area (Å²) in [5.41, 5.74) is 0.271. The van der Waals surface area contributed by atoms with E-state index in [4.69, 9.17) is 4.42 Å². The van der Waals surface area contributed by atoms with Crippen LogP contribution in [-0.4, -0.2) is 37.6 Å².